The number of ether oxygens (including phenoxy) is 1. The van der Waals surface area contributed by atoms with Crippen LogP contribution in [0.25, 0.3) is 10.9 Å². The third kappa shape index (κ3) is 10.7. The zero-order chi connectivity index (χ0) is 45.4. The fraction of sp³-hybridized carbons (Fsp3) is 0.405. The summed E-state index contributed by atoms with van der Waals surface area (Å²) in [5.41, 5.74) is 3.33. The molecule has 1 aromatic carbocycles. The number of hydrogen-bond donors (Lipinski definition) is 4. The normalized spacial score (nSPS) is 19.2. The molecule has 5 N–H and O–H groups in total. The summed E-state index contributed by atoms with van der Waals surface area (Å²) in [7, 11) is 4.12. The number of piperazine rings is 1. The largest absolute Gasteiger partial charge is 1.00 e. The zero-order valence-electron chi connectivity index (χ0n) is 35.8. The van der Waals surface area contributed by atoms with Crippen molar-refractivity contribution < 1.29 is 102 Å². The number of anilines is 2. The van der Waals surface area contributed by atoms with E-state index in [0.29, 0.717) is 35.6 Å². The molecule has 65 heavy (non-hydrogen) atoms. The predicted molar refractivity (Wildman–Crippen MR) is 227 cm³/mol. The number of carbonyl (C=O) groups is 4. The number of pyridine rings is 1. The molecule has 0 bridgehead atoms. The molecule has 22 nitrogen and oxygen atoms in total. The van der Waals surface area contributed by atoms with Gasteiger partial charge < -0.3 is 65.0 Å². The number of nitrogens with zero attached hydrogens (tertiary/aromatic N) is 8. The van der Waals surface area contributed by atoms with Crippen LogP contribution in [0.5, 0.6) is 5.75 Å². The van der Waals surface area contributed by atoms with E-state index in [1.54, 1.807) is 4.57 Å². The van der Waals surface area contributed by atoms with E-state index in [4.69, 9.17) is 15.3 Å². The maximum atomic E-state index is 15.1. The monoisotopic (exact) mass is 973 g/mol. The van der Waals surface area contributed by atoms with Crippen LogP contribution in [0.4, 0.5) is 15.2 Å². The number of nitrogen functional groups attached to an aromatic ring is 1. The Bertz CT molecular complexity index is 2800. The number of carboxylic acids is 2. The molecular formula is C37H38FN11Na2O11S3. The van der Waals surface area contributed by atoms with E-state index in [-0.39, 0.29) is 121 Å². The first-order chi connectivity index (χ1) is 30.0. The second kappa shape index (κ2) is 21.6. The van der Waals surface area contributed by atoms with Gasteiger partial charge in [-0.2, -0.15) is 4.98 Å². The van der Waals surface area contributed by atoms with Crippen molar-refractivity contribution in [2.45, 2.75) is 48.4 Å². The molecule has 3 aliphatic heterocycles. The number of nitrogens with one attached hydrogen (secondary N) is 2. The Hall–Kier alpha value is -4.25. The number of methoxy groups -OCH3 is 1. The first-order valence-corrected chi connectivity index (χ1v) is 21.9. The van der Waals surface area contributed by atoms with Crippen molar-refractivity contribution >= 4 is 86.0 Å². The van der Waals surface area contributed by atoms with Crippen LogP contribution in [0.3, 0.4) is 0 Å². The van der Waals surface area contributed by atoms with Gasteiger partial charge in [-0.25, -0.2) is 14.2 Å². The average Bonchev–Trinajstić information content (AvgIpc) is 4.00. The number of rotatable bonds is 12. The van der Waals surface area contributed by atoms with E-state index >= 15 is 4.39 Å². The molecule has 8 rings (SSSR count). The number of nitrogens with two attached hydrogens (primary N) is 1. The summed E-state index contributed by atoms with van der Waals surface area (Å²) in [4.78, 5) is 99.9. The summed E-state index contributed by atoms with van der Waals surface area (Å²) >= 11 is 3.31. The molecule has 4 aliphatic rings. The number of β-lactam (4-membered cyclic amide) rings is 1. The first kappa shape index (κ1) is 51.7. The van der Waals surface area contributed by atoms with Crippen LogP contribution in [0.2, 0.25) is 0 Å². The Morgan fingerprint density at radius 1 is 1.18 bits per heavy atom. The van der Waals surface area contributed by atoms with Gasteiger partial charge in [0.1, 0.15) is 35.5 Å². The summed E-state index contributed by atoms with van der Waals surface area (Å²) in [5, 5.41) is 35.5. The van der Waals surface area contributed by atoms with Crippen LogP contribution in [0.1, 0.15) is 41.9 Å². The van der Waals surface area contributed by atoms with E-state index in [9.17, 15) is 43.8 Å². The Morgan fingerprint density at radius 2 is 1.91 bits per heavy atom. The number of benzene rings is 1. The number of halogens is 1. The molecule has 334 valence electrons. The minimum absolute atomic E-state index is 0. The van der Waals surface area contributed by atoms with Crippen molar-refractivity contribution in [2.24, 2.45) is 12.2 Å². The van der Waals surface area contributed by atoms with Gasteiger partial charge in [0.15, 0.2) is 33.1 Å². The summed E-state index contributed by atoms with van der Waals surface area (Å²) in [6, 6.07) is 0.423. The van der Waals surface area contributed by atoms with Crippen molar-refractivity contribution in [1.82, 2.24) is 39.8 Å². The quantitative estimate of drug-likeness (QED) is 0.0256. The second-order valence-electron chi connectivity index (χ2n) is 14.5. The molecule has 1 saturated carbocycles. The summed E-state index contributed by atoms with van der Waals surface area (Å²) < 4.78 is 23.6. The molecule has 28 heteroatoms. The van der Waals surface area contributed by atoms with Crippen molar-refractivity contribution in [3.63, 3.8) is 0 Å². The van der Waals surface area contributed by atoms with Gasteiger partial charge in [-0.05, 0) is 38.5 Å². The Kier molecular flexibility index (Phi) is 17.2. The van der Waals surface area contributed by atoms with Gasteiger partial charge in [-0.15, -0.1) is 23.1 Å². The van der Waals surface area contributed by atoms with Gasteiger partial charge in [0.25, 0.3) is 17.4 Å². The molecule has 4 aromatic rings. The van der Waals surface area contributed by atoms with Crippen molar-refractivity contribution in [3.8, 4) is 5.75 Å². The first-order valence-electron chi connectivity index (χ1n) is 19.0. The number of thiazole rings is 1. The topological polar surface area (TPSA) is 300 Å². The Labute approximate surface area is 424 Å². The molecule has 2 saturated heterocycles. The van der Waals surface area contributed by atoms with E-state index in [1.807, 2.05) is 11.8 Å². The minimum Gasteiger partial charge on any atom is -0.554 e. The third-order valence-electron chi connectivity index (χ3n) is 10.2. The molecule has 1 unspecified atom stereocenters. The summed E-state index contributed by atoms with van der Waals surface area (Å²) in [6.45, 7) is 3.97. The SMILES string of the molecule is CO/N=C(/C(=O)N[C@@H]1C(=O)N2C(C(=O)[O-])=C(CSc3nc(=O)c(=O)[n-]n3C)CS[C@H]12)c1csc(N)n1.COc1c(N2CCNC(C)C2)c(F)cc2c(=O)c(C(=O)O)cn(C3CC3)c12.[Na+].[Na+]. The van der Waals surface area contributed by atoms with Crippen LogP contribution < -0.4 is 112 Å². The number of carboxylic acid groups (broad SMARTS) is 2. The number of aryl methyl sites for hydroxylation is 1. The summed E-state index contributed by atoms with van der Waals surface area (Å²) in [5.74, 6) is -4.32. The smallest absolute Gasteiger partial charge is 0.554 e. The Balaban J connectivity index is 0.000000245. The average molecular weight is 974 g/mol. The van der Waals surface area contributed by atoms with E-state index in [1.165, 1.54) is 44.6 Å². The summed E-state index contributed by atoms with van der Waals surface area (Å²) in [6.07, 6.45) is 3.14. The number of hydrogen-bond acceptors (Lipinski definition) is 19. The molecular weight excluding hydrogens is 936 g/mol. The fourth-order valence-electron chi connectivity index (χ4n) is 7.25. The maximum Gasteiger partial charge on any atom is 1.00 e. The number of aromatic nitrogens is 5. The van der Waals surface area contributed by atoms with Crippen LogP contribution in [0, 0.1) is 5.82 Å². The number of carbonyl (C=O) groups excluding carboxylic acids is 3. The molecule has 0 radical (unpaired) electrons. The zero-order valence-corrected chi connectivity index (χ0v) is 42.2. The van der Waals surface area contributed by atoms with Crippen LogP contribution in [-0.2, 0) is 26.3 Å². The number of thioether (sulfide) groups is 2. The van der Waals surface area contributed by atoms with Gasteiger partial charge in [0.05, 0.1) is 29.7 Å². The number of aliphatic carboxylic acids is 1. The molecule has 3 fully saturated rings. The van der Waals surface area contributed by atoms with Gasteiger partial charge in [0, 0.05) is 54.8 Å². The van der Waals surface area contributed by atoms with Gasteiger partial charge in [-0.1, -0.05) is 16.9 Å². The van der Waals surface area contributed by atoms with Crippen LogP contribution in [0.15, 0.2) is 53.6 Å². The molecule has 3 atom stereocenters. The van der Waals surface area contributed by atoms with E-state index in [2.05, 4.69) is 30.9 Å². The van der Waals surface area contributed by atoms with Gasteiger partial charge in [0.2, 0.25) is 5.43 Å². The molecule has 1 aliphatic carbocycles. The number of aromatic carboxylic acids is 1. The molecule has 3 aromatic heterocycles. The molecule has 2 amide bonds. The van der Waals surface area contributed by atoms with Crippen molar-refractivity contribution in [2.75, 3.05) is 56.0 Å². The van der Waals surface area contributed by atoms with Gasteiger partial charge >= 0.3 is 65.1 Å². The molecule has 0 spiro atoms. The van der Waals surface area contributed by atoms with Crippen LogP contribution >= 0.6 is 34.9 Å². The minimum atomic E-state index is -1.57. The van der Waals surface area contributed by atoms with Gasteiger partial charge in [-0.3, -0.25) is 24.1 Å². The van der Waals surface area contributed by atoms with Crippen LogP contribution in [-0.4, -0.2) is 122 Å². The van der Waals surface area contributed by atoms with E-state index < -0.39 is 57.5 Å². The third-order valence-corrected chi connectivity index (χ3v) is 13.3. The predicted octanol–water partition coefficient (Wildman–Crippen LogP) is -7.33. The van der Waals surface area contributed by atoms with E-state index in [0.717, 1.165) is 58.1 Å². The number of amides is 2. The fourth-order valence-corrected chi connectivity index (χ4v) is 10.2. The standard InChI is InChI=1S/C19H22FN3O4.C18H18N8O7S3.2Na/c1-10-8-22(6-5-21-10)16-14(20)7-12-15(18(16)27-2)23(11-3-4-11)9-13(17(12)24)19(25)26;1-25-18(22-12(28)13(29)23-25)36-4-6-3-34-15-9(14(30)26(15)10(6)16(31)32)21-11(27)8(24-33-2)7-5-35-17(19)20-7;;/h7,9-11,21H,3-6,8H2,1-2H3,(H,25,26);5,9,15H,3-4H2,1-2H3,(H5,19,20,21,23,27,29,31,32);;/q;;2*+1/p-2/b;24-8+;;/t;9-,15-;;/m.1../s1. The number of fused-ring (bicyclic) bond motifs is 2. The van der Waals surface area contributed by atoms with Crippen molar-refractivity contribution in [3.05, 3.63) is 76.9 Å². The maximum absolute atomic E-state index is 15.1. The Morgan fingerprint density at radius 3 is 2.51 bits per heavy atom. The van der Waals surface area contributed by atoms with Crippen molar-refractivity contribution in [1.29, 1.82) is 0 Å². The second-order valence-corrected chi connectivity index (χ2v) is 17.4. The molecule has 6 heterocycles. The number of oxime groups is 1.